The van der Waals surface area contributed by atoms with Crippen LogP contribution in [0.5, 0.6) is 0 Å². The van der Waals surface area contributed by atoms with Gasteiger partial charge in [-0.3, -0.25) is 4.98 Å². The highest BCUT2D eigenvalue weighted by atomic mass is 14.8. The number of aromatic nitrogens is 1. The third kappa shape index (κ3) is 4.20. The van der Waals surface area contributed by atoms with Gasteiger partial charge in [0.05, 0.1) is 5.69 Å². The number of allylic oxidation sites excluding steroid dienone is 2. The van der Waals surface area contributed by atoms with Gasteiger partial charge >= 0.3 is 0 Å². The van der Waals surface area contributed by atoms with Crippen LogP contribution < -0.4 is 5.32 Å². The van der Waals surface area contributed by atoms with E-state index in [1.54, 1.807) is 0 Å². The molecule has 186 valence electrons. The van der Waals surface area contributed by atoms with Crippen molar-refractivity contribution in [3.05, 3.63) is 145 Å². The van der Waals surface area contributed by atoms with E-state index in [9.17, 15) is 0 Å². The molecule has 1 N–H and O–H groups in total. The Kier molecular flexibility index (Phi) is 5.79. The van der Waals surface area contributed by atoms with Crippen LogP contribution in [0.1, 0.15) is 11.1 Å². The fourth-order valence-corrected chi connectivity index (χ4v) is 5.78. The molecule has 0 fully saturated rings. The number of nitrogens with zero attached hydrogens (tertiary/aromatic N) is 1. The molecular formula is C37H28N2. The summed E-state index contributed by atoms with van der Waals surface area (Å²) in [5.41, 5.74) is 10.8. The van der Waals surface area contributed by atoms with E-state index in [4.69, 9.17) is 0 Å². The Hall–Kier alpha value is -4.95. The third-order valence-electron chi connectivity index (χ3n) is 7.62. The second-order valence-corrected chi connectivity index (χ2v) is 10.1. The number of dihydropyridines is 1. The standard InChI is InChI=1S/C37H28N2/c1-25-17-22-39-35(23-25)29-7-6-8-30(24-29)37-33-11-4-2-9-31(33)36(32-10-3-5-12-34(32)37)28-15-13-26(14-16-28)27-18-20-38-21-19-27/h2-20,22-24,38H,21H2,1H3. The Bertz CT molecular complexity index is 1850. The molecule has 0 unspecified atom stereocenters. The first-order valence-corrected chi connectivity index (χ1v) is 13.4. The summed E-state index contributed by atoms with van der Waals surface area (Å²) in [5.74, 6) is 0. The van der Waals surface area contributed by atoms with Crippen LogP contribution in [0.4, 0.5) is 0 Å². The summed E-state index contributed by atoms with van der Waals surface area (Å²) in [6.45, 7) is 2.98. The second kappa shape index (κ2) is 9.74. The molecule has 1 aromatic heterocycles. The van der Waals surface area contributed by atoms with E-state index in [1.807, 2.05) is 18.5 Å². The Morgan fingerprint density at radius 3 is 1.82 bits per heavy atom. The van der Waals surface area contributed by atoms with Gasteiger partial charge in [0.1, 0.15) is 0 Å². The van der Waals surface area contributed by atoms with Crippen LogP contribution in [0, 0.1) is 6.92 Å². The zero-order valence-electron chi connectivity index (χ0n) is 21.9. The molecule has 7 rings (SSSR count). The average molecular weight is 501 g/mol. The number of hydrogen-bond donors (Lipinski definition) is 1. The highest BCUT2D eigenvalue weighted by molar-refractivity contribution is 6.21. The van der Waals surface area contributed by atoms with E-state index in [-0.39, 0.29) is 0 Å². The minimum atomic E-state index is 0.867. The van der Waals surface area contributed by atoms with Gasteiger partial charge in [0.15, 0.2) is 0 Å². The van der Waals surface area contributed by atoms with Crippen LogP contribution in [-0.4, -0.2) is 11.5 Å². The largest absolute Gasteiger partial charge is 0.387 e. The predicted octanol–water partition coefficient (Wildman–Crippen LogP) is 9.20. The lowest BCUT2D eigenvalue weighted by Gasteiger charge is -2.18. The van der Waals surface area contributed by atoms with E-state index in [1.165, 1.54) is 60.5 Å². The Morgan fingerprint density at radius 2 is 1.21 bits per heavy atom. The monoisotopic (exact) mass is 500 g/mol. The average Bonchev–Trinajstić information content (AvgIpc) is 3.00. The Balaban J connectivity index is 1.45. The summed E-state index contributed by atoms with van der Waals surface area (Å²) >= 11 is 0. The zero-order chi connectivity index (χ0) is 26.2. The van der Waals surface area contributed by atoms with Crippen molar-refractivity contribution in [2.24, 2.45) is 0 Å². The summed E-state index contributed by atoms with van der Waals surface area (Å²) in [5, 5.41) is 8.28. The lowest BCUT2D eigenvalue weighted by molar-refractivity contribution is 0.976. The number of benzene rings is 5. The van der Waals surface area contributed by atoms with E-state index in [2.05, 4.69) is 133 Å². The number of fused-ring (bicyclic) bond motifs is 2. The number of hydrogen-bond acceptors (Lipinski definition) is 2. The summed E-state index contributed by atoms with van der Waals surface area (Å²) in [6, 6.07) is 39.7. The Labute approximate surface area is 229 Å². The number of rotatable bonds is 4. The van der Waals surface area contributed by atoms with Crippen molar-refractivity contribution in [2.75, 3.05) is 6.54 Å². The molecule has 0 aliphatic carbocycles. The minimum Gasteiger partial charge on any atom is -0.387 e. The van der Waals surface area contributed by atoms with Crippen LogP contribution in [0.2, 0.25) is 0 Å². The minimum absolute atomic E-state index is 0.867. The van der Waals surface area contributed by atoms with E-state index in [0.29, 0.717) is 0 Å². The highest BCUT2D eigenvalue weighted by Crippen LogP contribution is 2.44. The fourth-order valence-electron chi connectivity index (χ4n) is 5.78. The zero-order valence-corrected chi connectivity index (χ0v) is 21.9. The SMILES string of the molecule is Cc1ccnc(-c2cccc(-c3c4ccccc4c(-c4ccc(C5=CCNC=C5)cc4)c4ccccc34)c2)c1. The van der Waals surface area contributed by atoms with Crippen LogP contribution in [0.15, 0.2) is 134 Å². The molecule has 2 heteroatoms. The predicted molar refractivity (Wildman–Crippen MR) is 165 cm³/mol. The molecule has 0 saturated carbocycles. The maximum absolute atomic E-state index is 4.65. The van der Waals surface area contributed by atoms with Crippen molar-refractivity contribution in [3.8, 4) is 33.5 Å². The molecule has 1 aliphatic heterocycles. The molecule has 0 spiro atoms. The van der Waals surface area contributed by atoms with Crippen molar-refractivity contribution in [3.63, 3.8) is 0 Å². The Morgan fingerprint density at radius 1 is 0.590 bits per heavy atom. The smallest absolute Gasteiger partial charge is 0.0704 e. The van der Waals surface area contributed by atoms with E-state index >= 15 is 0 Å². The first-order chi connectivity index (χ1) is 19.3. The molecule has 0 saturated heterocycles. The topological polar surface area (TPSA) is 24.9 Å². The molecule has 0 radical (unpaired) electrons. The van der Waals surface area contributed by atoms with Crippen LogP contribution in [0.25, 0.3) is 60.6 Å². The van der Waals surface area contributed by atoms with Gasteiger partial charge in [0, 0.05) is 18.3 Å². The normalized spacial score (nSPS) is 12.9. The van der Waals surface area contributed by atoms with E-state index in [0.717, 1.165) is 17.8 Å². The first-order valence-electron chi connectivity index (χ1n) is 13.4. The molecule has 0 bridgehead atoms. The van der Waals surface area contributed by atoms with E-state index < -0.39 is 0 Å². The van der Waals surface area contributed by atoms with Gasteiger partial charge in [-0.1, -0.05) is 97.1 Å². The molecule has 2 heterocycles. The van der Waals surface area contributed by atoms with Gasteiger partial charge < -0.3 is 5.32 Å². The van der Waals surface area contributed by atoms with Crippen LogP contribution in [0.3, 0.4) is 0 Å². The molecule has 2 nitrogen and oxygen atoms in total. The van der Waals surface area contributed by atoms with Crippen molar-refractivity contribution < 1.29 is 0 Å². The summed E-state index contributed by atoms with van der Waals surface area (Å²) < 4.78 is 0. The third-order valence-corrected chi connectivity index (χ3v) is 7.62. The van der Waals surface area contributed by atoms with Crippen molar-refractivity contribution in [1.82, 2.24) is 10.3 Å². The molecule has 6 aromatic rings. The van der Waals surface area contributed by atoms with Crippen molar-refractivity contribution in [1.29, 1.82) is 0 Å². The summed E-state index contributed by atoms with van der Waals surface area (Å²) in [7, 11) is 0. The molecule has 5 aromatic carbocycles. The maximum Gasteiger partial charge on any atom is 0.0704 e. The summed E-state index contributed by atoms with van der Waals surface area (Å²) in [6.07, 6.45) is 8.28. The molecular weight excluding hydrogens is 472 g/mol. The highest BCUT2D eigenvalue weighted by Gasteiger charge is 2.17. The fraction of sp³-hybridized carbons (Fsp3) is 0.0541. The maximum atomic E-state index is 4.65. The summed E-state index contributed by atoms with van der Waals surface area (Å²) in [4.78, 5) is 4.65. The van der Waals surface area contributed by atoms with Gasteiger partial charge in [0.2, 0.25) is 0 Å². The van der Waals surface area contributed by atoms with Crippen molar-refractivity contribution >= 4 is 27.1 Å². The number of aryl methyl sites for hydroxylation is 1. The number of pyridine rings is 1. The van der Waals surface area contributed by atoms with Gasteiger partial charge in [-0.2, -0.15) is 0 Å². The van der Waals surface area contributed by atoms with Gasteiger partial charge in [0.25, 0.3) is 0 Å². The lowest BCUT2D eigenvalue weighted by atomic mass is 9.85. The second-order valence-electron chi connectivity index (χ2n) is 10.1. The lowest BCUT2D eigenvalue weighted by Crippen LogP contribution is -2.08. The van der Waals surface area contributed by atoms with Gasteiger partial charge in [-0.05, 0) is 97.9 Å². The molecule has 39 heavy (non-hydrogen) atoms. The quantitative estimate of drug-likeness (QED) is 0.244. The van der Waals surface area contributed by atoms with Gasteiger partial charge in [-0.15, -0.1) is 0 Å². The molecule has 0 atom stereocenters. The first kappa shape index (κ1) is 23.2. The van der Waals surface area contributed by atoms with Gasteiger partial charge in [-0.25, -0.2) is 0 Å². The van der Waals surface area contributed by atoms with Crippen molar-refractivity contribution in [2.45, 2.75) is 6.92 Å². The molecule has 0 amide bonds. The van der Waals surface area contributed by atoms with Crippen LogP contribution in [-0.2, 0) is 0 Å². The van der Waals surface area contributed by atoms with Crippen LogP contribution >= 0.6 is 0 Å². The number of nitrogens with one attached hydrogen (secondary N) is 1. The molecule has 1 aliphatic rings.